The van der Waals surface area contributed by atoms with E-state index in [1.807, 2.05) is 42.5 Å². The van der Waals surface area contributed by atoms with Gasteiger partial charge in [-0.2, -0.15) is 0 Å². The van der Waals surface area contributed by atoms with Crippen LogP contribution in [-0.2, 0) is 0 Å². The van der Waals surface area contributed by atoms with E-state index in [1.165, 1.54) is 0 Å². The minimum absolute atomic E-state index is 0.534. The number of rotatable bonds is 2. The number of hydrogen-bond acceptors (Lipinski definition) is 5. The first kappa shape index (κ1) is 11.3. The summed E-state index contributed by atoms with van der Waals surface area (Å²) < 4.78 is 6.88. The van der Waals surface area contributed by atoms with Crippen LogP contribution in [0.3, 0.4) is 0 Å². The lowest BCUT2D eigenvalue weighted by molar-refractivity contribution is 0.586. The van der Waals surface area contributed by atoms with Gasteiger partial charge in [0.25, 0.3) is 5.89 Å². The molecule has 0 spiro atoms. The molecule has 0 radical (unpaired) electrons. The van der Waals surface area contributed by atoms with Gasteiger partial charge in [-0.3, -0.25) is 4.98 Å². The lowest BCUT2D eigenvalue weighted by Crippen LogP contribution is -1.77. The van der Waals surface area contributed by atoms with Crippen molar-refractivity contribution in [1.82, 2.24) is 15.0 Å². The zero-order chi connectivity index (χ0) is 13.4. The smallest absolute Gasteiger partial charge is 0.256 e. The van der Waals surface area contributed by atoms with E-state index in [9.17, 15) is 0 Å². The Morgan fingerprint density at radius 2 is 1.85 bits per heavy atom. The number of pyridine rings is 1. The van der Waals surface area contributed by atoms with Gasteiger partial charge >= 0.3 is 0 Å². The van der Waals surface area contributed by atoms with Gasteiger partial charge in [-0.05, 0) is 24.3 Å². The van der Waals surface area contributed by atoms with Gasteiger partial charge in [0, 0.05) is 6.20 Å². The summed E-state index contributed by atoms with van der Waals surface area (Å²) in [4.78, 5) is 13.1. The molecule has 0 fully saturated rings. The number of fused-ring (bicyclic) bond motifs is 1. The Bertz CT molecular complexity index is 834. The molecule has 4 nitrogen and oxygen atoms in total. The van der Waals surface area contributed by atoms with E-state index in [-0.39, 0.29) is 0 Å². The molecule has 0 aliphatic carbocycles. The predicted octanol–water partition coefficient (Wildman–Crippen LogP) is 4.01. The maximum Gasteiger partial charge on any atom is 0.256 e. The molecule has 0 aliphatic rings. The largest absolute Gasteiger partial charge is 0.432 e. The third kappa shape index (κ3) is 1.88. The molecule has 1 aromatic carbocycles. The highest BCUT2D eigenvalue weighted by Crippen LogP contribution is 2.31. The molecule has 4 aromatic rings. The van der Waals surface area contributed by atoms with Gasteiger partial charge in [-0.25, -0.2) is 9.97 Å². The van der Waals surface area contributed by atoms with E-state index in [0.29, 0.717) is 11.7 Å². The second-order valence-corrected chi connectivity index (χ2v) is 5.26. The van der Waals surface area contributed by atoms with Crippen molar-refractivity contribution in [2.24, 2.45) is 0 Å². The fourth-order valence-electron chi connectivity index (χ4n) is 1.96. The third-order valence-electron chi connectivity index (χ3n) is 2.90. The Hall–Kier alpha value is -2.53. The fourth-order valence-corrected chi connectivity index (χ4v) is 2.86. The first-order valence-corrected chi connectivity index (χ1v) is 6.95. The molecule has 4 rings (SSSR count). The molecule has 0 saturated heterocycles. The second kappa shape index (κ2) is 4.54. The number of oxazole rings is 1. The van der Waals surface area contributed by atoms with Crippen molar-refractivity contribution in [1.29, 1.82) is 0 Å². The molecule has 3 heterocycles. The predicted molar refractivity (Wildman–Crippen MR) is 78.3 cm³/mol. The number of benzene rings is 1. The molecule has 0 saturated carbocycles. The summed E-state index contributed by atoms with van der Waals surface area (Å²) in [5, 5.41) is 0.786. The zero-order valence-corrected chi connectivity index (χ0v) is 11.2. The van der Waals surface area contributed by atoms with E-state index in [1.54, 1.807) is 23.7 Å². The average Bonchev–Trinajstić information content (AvgIpc) is 3.14. The van der Waals surface area contributed by atoms with E-state index in [0.717, 1.165) is 20.9 Å². The summed E-state index contributed by atoms with van der Waals surface area (Å²) >= 11 is 1.57. The van der Waals surface area contributed by atoms with Crippen LogP contribution in [-0.4, -0.2) is 15.0 Å². The van der Waals surface area contributed by atoms with Crippen molar-refractivity contribution in [2.75, 3.05) is 0 Å². The molecule has 5 heteroatoms. The van der Waals surface area contributed by atoms with Gasteiger partial charge in [-0.1, -0.05) is 18.2 Å². The monoisotopic (exact) mass is 279 g/mol. The lowest BCUT2D eigenvalue weighted by Gasteiger charge is -1.92. The Morgan fingerprint density at radius 1 is 0.950 bits per heavy atom. The highest BCUT2D eigenvalue weighted by atomic mass is 32.1. The summed E-state index contributed by atoms with van der Waals surface area (Å²) in [7, 11) is 0. The topological polar surface area (TPSA) is 51.8 Å². The minimum Gasteiger partial charge on any atom is -0.432 e. The molecule has 0 aliphatic heterocycles. The van der Waals surface area contributed by atoms with Crippen molar-refractivity contribution in [3.8, 4) is 22.4 Å². The van der Waals surface area contributed by atoms with Crippen LogP contribution >= 0.6 is 11.3 Å². The molecular formula is C15H9N3OS. The van der Waals surface area contributed by atoms with E-state index < -0.39 is 0 Å². The molecule has 0 amide bonds. The molecule has 96 valence electrons. The van der Waals surface area contributed by atoms with Crippen LogP contribution in [0.1, 0.15) is 0 Å². The van der Waals surface area contributed by atoms with Gasteiger partial charge in [0.15, 0.2) is 10.8 Å². The standard InChI is InChI=1S/C15H9N3OS/c1-2-7-13-11(6-1)18-15(20-13)14-17-9-12(19-14)10-5-3-4-8-16-10/h1-9H. The van der Waals surface area contributed by atoms with Crippen LogP contribution < -0.4 is 0 Å². The van der Waals surface area contributed by atoms with Gasteiger partial charge in [0.1, 0.15) is 5.69 Å². The van der Waals surface area contributed by atoms with Crippen LogP contribution in [0.15, 0.2) is 59.3 Å². The normalized spacial score (nSPS) is 11.0. The van der Waals surface area contributed by atoms with Gasteiger partial charge in [0.2, 0.25) is 0 Å². The maximum absolute atomic E-state index is 5.76. The Balaban J connectivity index is 1.78. The molecule has 0 N–H and O–H groups in total. The number of para-hydroxylation sites is 1. The quantitative estimate of drug-likeness (QED) is 0.556. The SMILES string of the molecule is c1ccc(-c2cnc(-c3nc4ccccc4s3)o2)nc1. The van der Waals surface area contributed by atoms with Crippen LogP contribution in [0.25, 0.3) is 32.6 Å². The summed E-state index contributed by atoms with van der Waals surface area (Å²) in [6.45, 7) is 0. The molecule has 0 atom stereocenters. The molecular weight excluding hydrogens is 270 g/mol. The Labute approximate surface area is 118 Å². The first-order valence-electron chi connectivity index (χ1n) is 6.13. The van der Waals surface area contributed by atoms with Crippen molar-refractivity contribution in [3.05, 3.63) is 54.9 Å². The molecule has 0 unspecified atom stereocenters. The minimum atomic E-state index is 0.534. The number of nitrogens with zero attached hydrogens (tertiary/aromatic N) is 3. The van der Waals surface area contributed by atoms with Crippen molar-refractivity contribution >= 4 is 21.6 Å². The maximum atomic E-state index is 5.76. The summed E-state index contributed by atoms with van der Waals surface area (Å²) in [6, 6.07) is 13.7. The van der Waals surface area contributed by atoms with E-state index in [2.05, 4.69) is 15.0 Å². The second-order valence-electron chi connectivity index (χ2n) is 4.23. The summed E-state index contributed by atoms with van der Waals surface area (Å²) in [5.41, 5.74) is 1.73. The fraction of sp³-hybridized carbons (Fsp3) is 0. The van der Waals surface area contributed by atoms with Crippen LogP contribution in [0.5, 0.6) is 0 Å². The highest BCUT2D eigenvalue weighted by Gasteiger charge is 2.13. The van der Waals surface area contributed by atoms with Crippen molar-refractivity contribution in [3.63, 3.8) is 0 Å². The molecule has 20 heavy (non-hydrogen) atoms. The van der Waals surface area contributed by atoms with Crippen LogP contribution in [0.4, 0.5) is 0 Å². The zero-order valence-electron chi connectivity index (χ0n) is 10.4. The highest BCUT2D eigenvalue weighted by molar-refractivity contribution is 7.21. The average molecular weight is 279 g/mol. The molecule has 3 aromatic heterocycles. The lowest BCUT2D eigenvalue weighted by atomic mass is 10.3. The van der Waals surface area contributed by atoms with Crippen molar-refractivity contribution < 1.29 is 4.42 Å². The summed E-state index contributed by atoms with van der Waals surface area (Å²) in [6.07, 6.45) is 3.42. The van der Waals surface area contributed by atoms with E-state index >= 15 is 0 Å². The number of hydrogen-bond donors (Lipinski definition) is 0. The molecule has 0 bridgehead atoms. The van der Waals surface area contributed by atoms with Gasteiger partial charge in [0.05, 0.1) is 16.4 Å². The number of aromatic nitrogens is 3. The Kier molecular flexibility index (Phi) is 2.57. The van der Waals surface area contributed by atoms with Crippen LogP contribution in [0, 0.1) is 0 Å². The van der Waals surface area contributed by atoms with Crippen molar-refractivity contribution in [2.45, 2.75) is 0 Å². The first-order chi connectivity index (χ1) is 9.90. The van der Waals surface area contributed by atoms with Gasteiger partial charge in [-0.15, -0.1) is 11.3 Å². The Morgan fingerprint density at radius 3 is 2.70 bits per heavy atom. The van der Waals surface area contributed by atoms with Gasteiger partial charge < -0.3 is 4.42 Å². The van der Waals surface area contributed by atoms with Crippen LogP contribution in [0.2, 0.25) is 0 Å². The number of thiazole rings is 1. The third-order valence-corrected chi connectivity index (χ3v) is 3.92. The summed E-state index contributed by atoms with van der Waals surface area (Å²) in [5.74, 6) is 1.19. The van der Waals surface area contributed by atoms with E-state index in [4.69, 9.17) is 4.42 Å².